The maximum atomic E-state index is 13.2. The van der Waals surface area contributed by atoms with E-state index in [1.165, 1.54) is 4.90 Å². The first-order chi connectivity index (χ1) is 17.0. The van der Waals surface area contributed by atoms with Crippen molar-refractivity contribution in [2.75, 3.05) is 30.8 Å². The second-order valence-corrected chi connectivity index (χ2v) is 10.9. The van der Waals surface area contributed by atoms with Crippen LogP contribution < -0.4 is 15.4 Å². The number of nitrogens with one attached hydrogen (secondary N) is 2. The second kappa shape index (κ2) is 11.6. The van der Waals surface area contributed by atoms with Crippen LogP contribution in [0.4, 0.5) is 16.3 Å². The van der Waals surface area contributed by atoms with Crippen LogP contribution in [0.25, 0.3) is 5.69 Å². The Hall–Kier alpha value is -3.33. The summed E-state index contributed by atoms with van der Waals surface area (Å²) in [4.78, 5) is 27.7. The molecule has 2 N–H and O–H groups in total. The molecular formula is C27H34BrN5O3. The standard InChI is InChI=1S/C27H34BrN5O3/c1-18(2)16-32(26(35)29-22-10-8-7-9-21(22)28)17-25(34)30-24-15-23(27(3,4)5)31-33(24)19-11-13-20(36-6)14-12-19/h7-15,18H,16-17H2,1-6H3,(H,29,35)(H,30,34). The molecule has 0 aliphatic rings. The third-order valence-electron chi connectivity index (χ3n) is 5.38. The van der Waals surface area contributed by atoms with E-state index in [1.54, 1.807) is 17.9 Å². The topological polar surface area (TPSA) is 88.5 Å². The monoisotopic (exact) mass is 555 g/mol. The van der Waals surface area contributed by atoms with E-state index in [0.717, 1.165) is 21.6 Å². The summed E-state index contributed by atoms with van der Waals surface area (Å²) < 4.78 is 7.73. The maximum absolute atomic E-state index is 13.2. The fourth-order valence-corrected chi connectivity index (χ4v) is 3.91. The molecule has 2 aromatic carbocycles. The highest BCUT2D eigenvalue weighted by Crippen LogP contribution is 2.27. The summed E-state index contributed by atoms with van der Waals surface area (Å²) in [6, 6.07) is 16.3. The van der Waals surface area contributed by atoms with E-state index < -0.39 is 0 Å². The minimum absolute atomic E-state index is 0.104. The molecule has 0 aliphatic carbocycles. The lowest BCUT2D eigenvalue weighted by atomic mass is 9.92. The van der Waals surface area contributed by atoms with E-state index in [9.17, 15) is 9.59 Å². The fourth-order valence-electron chi connectivity index (χ4n) is 3.53. The number of amides is 3. The Kier molecular flexibility index (Phi) is 8.79. The molecule has 8 nitrogen and oxygen atoms in total. The number of methoxy groups -OCH3 is 1. The van der Waals surface area contributed by atoms with Gasteiger partial charge in [-0.2, -0.15) is 5.10 Å². The zero-order chi connectivity index (χ0) is 26.5. The van der Waals surface area contributed by atoms with Crippen molar-refractivity contribution in [2.45, 2.75) is 40.0 Å². The predicted octanol–water partition coefficient (Wildman–Crippen LogP) is 6.07. The van der Waals surface area contributed by atoms with Crippen molar-refractivity contribution in [2.24, 2.45) is 5.92 Å². The molecule has 0 atom stereocenters. The van der Waals surface area contributed by atoms with Crippen molar-refractivity contribution in [3.63, 3.8) is 0 Å². The summed E-state index contributed by atoms with van der Waals surface area (Å²) in [6.07, 6.45) is 0. The zero-order valence-electron chi connectivity index (χ0n) is 21.6. The summed E-state index contributed by atoms with van der Waals surface area (Å²) >= 11 is 3.45. The lowest BCUT2D eigenvalue weighted by molar-refractivity contribution is -0.116. The number of para-hydroxylation sites is 1. The van der Waals surface area contributed by atoms with E-state index in [2.05, 4.69) is 47.3 Å². The Morgan fingerprint density at radius 1 is 1.08 bits per heavy atom. The molecule has 0 unspecified atom stereocenters. The number of urea groups is 1. The van der Waals surface area contributed by atoms with Gasteiger partial charge in [-0.1, -0.05) is 46.8 Å². The number of hydrogen-bond acceptors (Lipinski definition) is 4. The predicted molar refractivity (Wildman–Crippen MR) is 147 cm³/mol. The van der Waals surface area contributed by atoms with E-state index >= 15 is 0 Å². The molecule has 1 heterocycles. The Labute approximate surface area is 221 Å². The summed E-state index contributed by atoms with van der Waals surface area (Å²) in [5.41, 5.74) is 2.04. The molecule has 0 saturated carbocycles. The number of aromatic nitrogens is 2. The first-order valence-electron chi connectivity index (χ1n) is 11.8. The van der Waals surface area contributed by atoms with Gasteiger partial charge in [-0.3, -0.25) is 4.79 Å². The van der Waals surface area contributed by atoms with Crippen LogP contribution in [0.5, 0.6) is 5.75 Å². The van der Waals surface area contributed by atoms with E-state index in [1.807, 2.05) is 62.4 Å². The van der Waals surface area contributed by atoms with Gasteiger partial charge < -0.3 is 20.3 Å². The normalized spacial score (nSPS) is 11.3. The van der Waals surface area contributed by atoms with Gasteiger partial charge in [-0.15, -0.1) is 0 Å². The van der Waals surface area contributed by atoms with Crippen molar-refractivity contribution in [1.82, 2.24) is 14.7 Å². The first kappa shape index (κ1) is 27.3. The number of nitrogens with zero attached hydrogens (tertiary/aromatic N) is 3. The Morgan fingerprint density at radius 3 is 2.33 bits per heavy atom. The number of anilines is 2. The summed E-state index contributed by atoms with van der Waals surface area (Å²) in [5, 5.41) is 10.6. The highest BCUT2D eigenvalue weighted by Gasteiger charge is 2.24. The van der Waals surface area contributed by atoms with E-state index in [-0.39, 0.29) is 29.8 Å². The van der Waals surface area contributed by atoms with Crippen LogP contribution in [-0.4, -0.2) is 46.8 Å². The molecule has 3 amide bonds. The zero-order valence-corrected chi connectivity index (χ0v) is 23.2. The highest BCUT2D eigenvalue weighted by molar-refractivity contribution is 9.10. The smallest absolute Gasteiger partial charge is 0.322 e. The molecule has 0 spiro atoms. The average Bonchev–Trinajstić information content (AvgIpc) is 3.24. The van der Waals surface area contributed by atoms with Crippen molar-refractivity contribution < 1.29 is 14.3 Å². The van der Waals surface area contributed by atoms with Gasteiger partial charge in [0.15, 0.2) is 0 Å². The number of ether oxygens (including phenoxy) is 1. The molecule has 3 aromatic rings. The van der Waals surface area contributed by atoms with Crippen molar-refractivity contribution in [3.05, 3.63) is 64.8 Å². The lowest BCUT2D eigenvalue weighted by Gasteiger charge is -2.24. The summed E-state index contributed by atoms with van der Waals surface area (Å²) in [5.74, 6) is 1.13. The third-order valence-corrected chi connectivity index (χ3v) is 6.08. The first-order valence-corrected chi connectivity index (χ1v) is 12.6. The van der Waals surface area contributed by atoms with Crippen LogP contribution in [0.2, 0.25) is 0 Å². The van der Waals surface area contributed by atoms with Crippen LogP contribution in [0.1, 0.15) is 40.3 Å². The van der Waals surface area contributed by atoms with Crippen LogP contribution in [0, 0.1) is 5.92 Å². The molecule has 9 heteroatoms. The highest BCUT2D eigenvalue weighted by atomic mass is 79.9. The maximum Gasteiger partial charge on any atom is 0.322 e. The molecular weight excluding hydrogens is 522 g/mol. The number of rotatable bonds is 8. The van der Waals surface area contributed by atoms with Crippen LogP contribution >= 0.6 is 15.9 Å². The Bertz CT molecular complexity index is 1200. The minimum atomic E-state index is -0.343. The van der Waals surface area contributed by atoms with Crippen LogP contribution in [0.3, 0.4) is 0 Å². The molecule has 192 valence electrons. The summed E-state index contributed by atoms with van der Waals surface area (Å²) in [6.45, 7) is 10.5. The van der Waals surface area contributed by atoms with Gasteiger partial charge in [0.1, 0.15) is 18.1 Å². The lowest BCUT2D eigenvalue weighted by Crippen LogP contribution is -2.42. The molecule has 36 heavy (non-hydrogen) atoms. The largest absolute Gasteiger partial charge is 0.497 e. The number of carbonyl (C=O) groups is 2. The van der Waals surface area contributed by atoms with Crippen LogP contribution in [0.15, 0.2) is 59.1 Å². The third kappa shape index (κ3) is 7.10. The van der Waals surface area contributed by atoms with Gasteiger partial charge >= 0.3 is 6.03 Å². The Morgan fingerprint density at radius 2 is 1.75 bits per heavy atom. The van der Waals surface area contributed by atoms with Gasteiger partial charge in [0.05, 0.1) is 24.2 Å². The average molecular weight is 557 g/mol. The SMILES string of the molecule is COc1ccc(-n2nc(C(C)(C)C)cc2NC(=O)CN(CC(C)C)C(=O)Nc2ccccc2Br)cc1. The molecule has 1 aromatic heterocycles. The quantitative estimate of drug-likeness (QED) is 0.353. The number of benzene rings is 2. The van der Waals surface area contributed by atoms with E-state index in [4.69, 9.17) is 9.84 Å². The molecule has 0 fully saturated rings. The molecule has 0 saturated heterocycles. The van der Waals surface area contributed by atoms with E-state index in [0.29, 0.717) is 18.1 Å². The molecule has 3 rings (SSSR count). The molecule has 0 radical (unpaired) electrons. The van der Waals surface area contributed by atoms with Crippen molar-refractivity contribution >= 4 is 39.4 Å². The number of halogens is 1. The summed E-state index contributed by atoms with van der Waals surface area (Å²) in [7, 11) is 1.61. The minimum Gasteiger partial charge on any atom is -0.497 e. The Balaban J connectivity index is 1.83. The second-order valence-electron chi connectivity index (χ2n) is 10.0. The van der Waals surface area contributed by atoms with Crippen molar-refractivity contribution in [3.8, 4) is 11.4 Å². The van der Waals surface area contributed by atoms with Gasteiger partial charge in [0, 0.05) is 22.5 Å². The molecule has 0 bridgehead atoms. The number of carbonyl (C=O) groups excluding carboxylic acids is 2. The molecule has 0 aliphatic heterocycles. The van der Waals surface area contributed by atoms with Gasteiger partial charge in [-0.05, 0) is 58.2 Å². The van der Waals surface area contributed by atoms with Gasteiger partial charge in [0.2, 0.25) is 5.91 Å². The number of hydrogen-bond donors (Lipinski definition) is 2. The van der Waals surface area contributed by atoms with Crippen molar-refractivity contribution in [1.29, 1.82) is 0 Å². The fraction of sp³-hybridized carbons (Fsp3) is 0.370. The van der Waals surface area contributed by atoms with Crippen LogP contribution in [-0.2, 0) is 10.2 Å². The van der Waals surface area contributed by atoms with Gasteiger partial charge in [0.25, 0.3) is 0 Å². The van der Waals surface area contributed by atoms with Gasteiger partial charge in [-0.25, -0.2) is 9.48 Å².